The maximum atomic E-state index is 12.7. The van der Waals surface area contributed by atoms with Crippen LogP contribution in [0.1, 0.15) is 58.2 Å². The van der Waals surface area contributed by atoms with E-state index in [1.54, 1.807) is 19.2 Å². The average Bonchev–Trinajstić information content (AvgIpc) is 3.26. The zero-order valence-corrected chi connectivity index (χ0v) is 15.3. The first-order valence-electron chi connectivity index (χ1n) is 9.16. The number of hydrazine groups is 1. The lowest BCUT2D eigenvalue weighted by Gasteiger charge is -2.33. The molecule has 2 aliphatic rings. The van der Waals surface area contributed by atoms with E-state index in [0.717, 1.165) is 30.6 Å². The van der Waals surface area contributed by atoms with Crippen molar-refractivity contribution in [1.29, 1.82) is 5.26 Å². The van der Waals surface area contributed by atoms with Gasteiger partial charge in [-0.3, -0.25) is 10.2 Å². The van der Waals surface area contributed by atoms with Gasteiger partial charge in [0.25, 0.3) is 5.91 Å². The molecule has 0 radical (unpaired) electrons. The lowest BCUT2D eigenvalue weighted by atomic mass is 9.77. The number of hydrogen-bond acceptors (Lipinski definition) is 7. The fraction of sp³-hybridized carbons (Fsp3) is 0.474. The molecule has 1 saturated heterocycles. The fourth-order valence-electron chi connectivity index (χ4n) is 4.23. The molecule has 0 bridgehead atoms. The van der Waals surface area contributed by atoms with E-state index in [-0.39, 0.29) is 18.0 Å². The van der Waals surface area contributed by atoms with Crippen LogP contribution in [0.5, 0.6) is 0 Å². The van der Waals surface area contributed by atoms with Gasteiger partial charge in [0.15, 0.2) is 0 Å². The molecule has 1 aliphatic heterocycles. The number of nitrogens with zero attached hydrogens (tertiary/aromatic N) is 3. The molecular weight excluding hydrogens is 344 g/mol. The highest BCUT2D eigenvalue weighted by atomic mass is 16.5. The van der Waals surface area contributed by atoms with Crippen molar-refractivity contribution in [3.63, 3.8) is 0 Å². The summed E-state index contributed by atoms with van der Waals surface area (Å²) in [6.45, 7) is 3.72. The van der Waals surface area contributed by atoms with Crippen LogP contribution in [0.4, 0.5) is 0 Å². The molecule has 2 aromatic heterocycles. The Bertz CT molecular complexity index is 902. The Kier molecular flexibility index (Phi) is 4.64. The van der Waals surface area contributed by atoms with E-state index >= 15 is 0 Å². The highest BCUT2D eigenvalue weighted by molar-refractivity contribution is 5.93. The van der Waals surface area contributed by atoms with Crippen LogP contribution in [0.3, 0.4) is 0 Å². The van der Waals surface area contributed by atoms with E-state index in [0.29, 0.717) is 28.8 Å². The van der Waals surface area contributed by atoms with E-state index in [4.69, 9.17) is 9.78 Å². The van der Waals surface area contributed by atoms with Crippen molar-refractivity contribution in [3.8, 4) is 6.07 Å². The third-order valence-electron chi connectivity index (χ3n) is 5.63. The number of rotatable bonds is 3. The number of carbonyl (C=O) groups excluding carboxylic acids is 1. The van der Waals surface area contributed by atoms with E-state index in [1.807, 2.05) is 13.0 Å². The Labute approximate surface area is 157 Å². The molecule has 4 unspecified atom stereocenters. The molecule has 1 amide bonds. The first-order chi connectivity index (χ1) is 13.1. The van der Waals surface area contributed by atoms with Crippen molar-refractivity contribution >= 4 is 5.91 Å². The van der Waals surface area contributed by atoms with Crippen LogP contribution in [0.15, 0.2) is 23.0 Å². The van der Waals surface area contributed by atoms with Crippen LogP contribution in [0.2, 0.25) is 0 Å². The first kappa shape index (κ1) is 17.6. The molecule has 2 fully saturated rings. The van der Waals surface area contributed by atoms with Crippen LogP contribution < -0.4 is 16.2 Å². The molecular formula is C19H22N6O2. The molecule has 3 N–H and O–H groups in total. The number of aryl methyl sites for hydroxylation is 2. The molecule has 4 atom stereocenters. The molecule has 4 rings (SSSR count). The number of hydrogen-bond donors (Lipinski definition) is 3. The first-order valence-corrected chi connectivity index (χ1v) is 9.16. The average molecular weight is 366 g/mol. The van der Waals surface area contributed by atoms with Gasteiger partial charge >= 0.3 is 0 Å². The molecule has 3 heterocycles. The van der Waals surface area contributed by atoms with Gasteiger partial charge < -0.3 is 9.84 Å². The Balaban J connectivity index is 1.46. The van der Waals surface area contributed by atoms with E-state index in [9.17, 15) is 4.79 Å². The summed E-state index contributed by atoms with van der Waals surface area (Å²) in [5.41, 5.74) is 9.35. The van der Waals surface area contributed by atoms with E-state index in [1.165, 1.54) is 6.20 Å². The molecule has 1 saturated carbocycles. The van der Waals surface area contributed by atoms with Gasteiger partial charge in [0.1, 0.15) is 17.5 Å². The summed E-state index contributed by atoms with van der Waals surface area (Å²) in [7, 11) is 0. The smallest absolute Gasteiger partial charge is 0.270 e. The van der Waals surface area contributed by atoms with Crippen LogP contribution in [0, 0.1) is 31.1 Å². The Morgan fingerprint density at radius 3 is 2.89 bits per heavy atom. The largest absolute Gasteiger partial charge is 0.361 e. The predicted molar refractivity (Wildman–Crippen MR) is 96.3 cm³/mol. The van der Waals surface area contributed by atoms with Crippen LogP contribution in [-0.2, 0) is 0 Å². The fourth-order valence-corrected chi connectivity index (χ4v) is 4.23. The Morgan fingerprint density at radius 1 is 1.33 bits per heavy atom. The standard InChI is InChI=1S/C19H22N6O2/c1-10-5-12(7-20)8-21-17(10)19(26)23-13-3-4-16-14(6-13)18(25-24-16)15-9-22-27-11(15)2/h5,8-9,13-14,16,18,24-25H,3-4,6H2,1-2H3,(H,23,26). The maximum absolute atomic E-state index is 12.7. The summed E-state index contributed by atoms with van der Waals surface area (Å²) >= 11 is 0. The summed E-state index contributed by atoms with van der Waals surface area (Å²) in [5.74, 6) is 0.979. The second kappa shape index (κ2) is 7.10. The molecule has 0 aromatic carbocycles. The second-order valence-corrected chi connectivity index (χ2v) is 7.36. The van der Waals surface area contributed by atoms with Crippen molar-refractivity contribution in [2.45, 2.75) is 51.2 Å². The van der Waals surface area contributed by atoms with Crippen molar-refractivity contribution in [2.75, 3.05) is 0 Å². The van der Waals surface area contributed by atoms with Gasteiger partial charge in [0.2, 0.25) is 0 Å². The SMILES string of the molecule is Cc1cc(C#N)cnc1C(=O)NC1CCC2NNC(c3cnoc3C)C2C1. The summed E-state index contributed by atoms with van der Waals surface area (Å²) in [6, 6.07) is 4.30. The molecule has 8 heteroatoms. The quantitative estimate of drug-likeness (QED) is 0.757. The number of pyridine rings is 1. The van der Waals surface area contributed by atoms with Crippen molar-refractivity contribution in [3.05, 3.63) is 46.6 Å². The summed E-state index contributed by atoms with van der Waals surface area (Å²) < 4.78 is 5.22. The minimum Gasteiger partial charge on any atom is -0.361 e. The zero-order valence-electron chi connectivity index (χ0n) is 15.3. The van der Waals surface area contributed by atoms with Crippen LogP contribution >= 0.6 is 0 Å². The number of amides is 1. The van der Waals surface area contributed by atoms with Gasteiger partial charge in [-0.25, -0.2) is 10.4 Å². The minimum atomic E-state index is -0.183. The number of aromatic nitrogens is 2. The zero-order chi connectivity index (χ0) is 19.0. The molecule has 0 spiro atoms. The molecule has 8 nitrogen and oxygen atoms in total. The van der Waals surface area contributed by atoms with Crippen molar-refractivity contribution in [1.82, 2.24) is 26.3 Å². The number of fused-ring (bicyclic) bond motifs is 1. The second-order valence-electron chi connectivity index (χ2n) is 7.36. The summed E-state index contributed by atoms with van der Waals surface area (Å²) in [5, 5.41) is 16.0. The van der Waals surface area contributed by atoms with E-state index < -0.39 is 0 Å². The molecule has 2 aromatic rings. The third kappa shape index (κ3) is 3.31. The molecule has 1 aliphatic carbocycles. The van der Waals surface area contributed by atoms with Gasteiger partial charge in [-0.2, -0.15) is 5.26 Å². The molecule has 140 valence electrons. The topological polar surface area (TPSA) is 116 Å². The summed E-state index contributed by atoms with van der Waals surface area (Å²) in [4.78, 5) is 16.8. The van der Waals surface area contributed by atoms with Crippen molar-refractivity contribution < 1.29 is 9.32 Å². The number of nitrogens with one attached hydrogen (secondary N) is 3. The highest BCUT2D eigenvalue weighted by Crippen LogP contribution is 2.39. The molecule has 27 heavy (non-hydrogen) atoms. The Morgan fingerprint density at radius 2 is 2.19 bits per heavy atom. The van der Waals surface area contributed by atoms with Gasteiger partial charge in [0, 0.05) is 23.8 Å². The van der Waals surface area contributed by atoms with Crippen molar-refractivity contribution in [2.24, 2.45) is 5.92 Å². The monoisotopic (exact) mass is 366 g/mol. The predicted octanol–water partition coefficient (Wildman–Crippen LogP) is 1.67. The third-order valence-corrected chi connectivity index (χ3v) is 5.63. The minimum absolute atomic E-state index is 0.0833. The Hall–Kier alpha value is -2.76. The van der Waals surface area contributed by atoms with Crippen LogP contribution in [-0.4, -0.2) is 28.1 Å². The van der Waals surface area contributed by atoms with Crippen LogP contribution in [0.25, 0.3) is 0 Å². The number of carbonyl (C=O) groups is 1. The lowest BCUT2D eigenvalue weighted by molar-refractivity contribution is 0.0909. The van der Waals surface area contributed by atoms with Gasteiger partial charge in [-0.1, -0.05) is 5.16 Å². The summed E-state index contributed by atoms with van der Waals surface area (Å²) in [6.07, 6.45) is 5.95. The maximum Gasteiger partial charge on any atom is 0.270 e. The normalized spacial score (nSPS) is 27.0. The van der Waals surface area contributed by atoms with E-state index in [2.05, 4.69) is 26.3 Å². The highest BCUT2D eigenvalue weighted by Gasteiger charge is 2.42. The van der Waals surface area contributed by atoms with Gasteiger partial charge in [0.05, 0.1) is 17.8 Å². The number of nitriles is 1. The van der Waals surface area contributed by atoms with Gasteiger partial charge in [-0.15, -0.1) is 0 Å². The van der Waals surface area contributed by atoms with Gasteiger partial charge in [-0.05, 0) is 50.7 Å². The lowest BCUT2D eigenvalue weighted by Crippen LogP contribution is -2.44.